The van der Waals surface area contributed by atoms with Crippen molar-refractivity contribution in [2.24, 2.45) is 11.7 Å². The highest BCUT2D eigenvalue weighted by molar-refractivity contribution is 5.11. The van der Waals surface area contributed by atoms with Gasteiger partial charge in [-0.3, -0.25) is 9.88 Å². The molecule has 0 bridgehead atoms. The molecule has 19 heavy (non-hydrogen) atoms. The fourth-order valence-corrected chi connectivity index (χ4v) is 2.56. The fourth-order valence-electron chi connectivity index (χ4n) is 2.56. The summed E-state index contributed by atoms with van der Waals surface area (Å²) in [5, 5.41) is 0. The molecule has 0 saturated heterocycles. The van der Waals surface area contributed by atoms with Crippen molar-refractivity contribution in [3.63, 3.8) is 0 Å². The van der Waals surface area contributed by atoms with Crippen LogP contribution in [0.15, 0.2) is 18.2 Å². The standard InChI is InChI=1S/C16H29N3/c1-5-16(6-2)19(11-13(3)4)12-15-9-7-8-14(10-17)18-15/h7-9,13,16H,5-6,10-12,17H2,1-4H3. The van der Waals surface area contributed by atoms with Crippen LogP contribution in [0.1, 0.15) is 51.9 Å². The predicted octanol–water partition coefficient (Wildman–Crippen LogP) is 3.19. The predicted molar refractivity (Wildman–Crippen MR) is 81.7 cm³/mol. The van der Waals surface area contributed by atoms with Gasteiger partial charge in [0.25, 0.3) is 0 Å². The van der Waals surface area contributed by atoms with E-state index >= 15 is 0 Å². The van der Waals surface area contributed by atoms with Crippen molar-refractivity contribution >= 4 is 0 Å². The number of pyridine rings is 1. The highest BCUT2D eigenvalue weighted by Gasteiger charge is 2.17. The first-order valence-corrected chi connectivity index (χ1v) is 7.49. The van der Waals surface area contributed by atoms with E-state index in [0.29, 0.717) is 18.5 Å². The van der Waals surface area contributed by atoms with Crippen molar-refractivity contribution in [2.45, 2.75) is 59.7 Å². The minimum absolute atomic E-state index is 0.517. The second-order valence-electron chi connectivity index (χ2n) is 5.62. The maximum Gasteiger partial charge on any atom is 0.0547 e. The lowest BCUT2D eigenvalue weighted by molar-refractivity contribution is 0.155. The fraction of sp³-hybridized carbons (Fsp3) is 0.688. The van der Waals surface area contributed by atoms with Gasteiger partial charge in [-0.05, 0) is 30.9 Å². The van der Waals surface area contributed by atoms with Gasteiger partial charge < -0.3 is 5.73 Å². The van der Waals surface area contributed by atoms with Crippen LogP contribution in [0.3, 0.4) is 0 Å². The highest BCUT2D eigenvalue weighted by Crippen LogP contribution is 2.15. The SMILES string of the molecule is CCC(CC)N(Cc1cccc(CN)n1)CC(C)C. The average molecular weight is 263 g/mol. The largest absolute Gasteiger partial charge is 0.325 e. The Labute approximate surface area is 118 Å². The summed E-state index contributed by atoms with van der Waals surface area (Å²) in [7, 11) is 0. The lowest BCUT2D eigenvalue weighted by Gasteiger charge is -2.31. The number of aromatic nitrogens is 1. The summed E-state index contributed by atoms with van der Waals surface area (Å²) in [6.45, 7) is 11.7. The molecular weight excluding hydrogens is 234 g/mol. The van der Waals surface area contributed by atoms with Crippen LogP contribution >= 0.6 is 0 Å². The molecule has 0 aliphatic heterocycles. The maximum atomic E-state index is 5.67. The molecule has 2 N–H and O–H groups in total. The molecule has 0 amide bonds. The van der Waals surface area contributed by atoms with Crippen LogP contribution in [0.25, 0.3) is 0 Å². The third kappa shape index (κ3) is 5.29. The molecule has 0 aliphatic rings. The number of nitrogens with two attached hydrogens (primary N) is 1. The highest BCUT2D eigenvalue weighted by atomic mass is 15.2. The number of hydrogen-bond donors (Lipinski definition) is 1. The minimum Gasteiger partial charge on any atom is -0.325 e. The topological polar surface area (TPSA) is 42.1 Å². The first-order valence-electron chi connectivity index (χ1n) is 7.49. The first kappa shape index (κ1) is 16.1. The molecule has 1 heterocycles. The van der Waals surface area contributed by atoms with Crippen LogP contribution in [0.4, 0.5) is 0 Å². The van der Waals surface area contributed by atoms with Crippen LogP contribution in [0, 0.1) is 5.92 Å². The smallest absolute Gasteiger partial charge is 0.0547 e. The summed E-state index contributed by atoms with van der Waals surface area (Å²) in [6, 6.07) is 6.80. The summed E-state index contributed by atoms with van der Waals surface area (Å²) in [4.78, 5) is 7.19. The zero-order valence-corrected chi connectivity index (χ0v) is 12.9. The van der Waals surface area contributed by atoms with Crippen molar-refractivity contribution in [3.05, 3.63) is 29.6 Å². The van der Waals surface area contributed by atoms with Crippen LogP contribution in [-0.2, 0) is 13.1 Å². The summed E-state index contributed by atoms with van der Waals surface area (Å²) in [6.07, 6.45) is 2.39. The molecular formula is C16H29N3. The summed E-state index contributed by atoms with van der Waals surface area (Å²) in [5.41, 5.74) is 7.78. The molecule has 0 aliphatic carbocycles. The molecule has 0 atom stereocenters. The molecule has 0 radical (unpaired) electrons. The van der Waals surface area contributed by atoms with Gasteiger partial charge in [0.05, 0.1) is 11.4 Å². The van der Waals surface area contributed by atoms with E-state index in [1.807, 2.05) is 6.07 Å². The third-order valence-corrected chi connectivity index (χ3v) is 3.50. The Kier molecular flexibility index (Phi) is 7.03. The quantitative estimate of drug-likeness (QED) is 0.783. The molecule has 0 aromatic carbocycles. The molecule has 0 saturated carbocycles. The van der Waals surface area contributed by atoms with Crippen LogP contribution < -0.4 is 5.73 Å². The molecule has 3 heteroatoms. The monoisotopic (exact) mass is 263 g/mol. The van der Waals surface area contributed by atoms with Gasteiger partial charge >= 0.3 is 0 Å². The molecule has 0 fully saturated rings. The second-order valence-corrected chi connectivity index (χ2v) is 5.62. The zero-order valence-electron chi connectivity index (χ0n) is 12.9. The number of nitrogens with zero attached hydrogens (tertiary/aromatic N) is 2. The molecule has 0 spiro atoms. The van der Waals surface area contributed by atoms with E-state index in [1.165, 1.54) is 12.8 Å². The van der Waals surface area contributed by atoms with Crippen molar-refractivity contribution in [1.29, 1.82) is 0 Å². The number of hydrogen-bond acceptors (Lipinski definition) is 3. The Morgan fingerprint density at radius 3 is 2.32 bits per heavy atom. The molecule has 1 aromatic rings. The summed E-state index contributed by atoms with van der Waals surface area (Å²) in [5.74, 6) is 0.679. The Morgan fingerprint density at radius 1 is 1.16 bits per heavy atom. The molecule has 108 valence electrons. The minimum atomic E-state index is 0.517. The van der Waals surface area contributed by atoms with Crippen molar-refractivity contribution < 1.29 is 0 Å². The first-order chi connectivity index (χ1) is 9.10. The van der Waals surface area contributed by atoms with Gasteiger partial charge in [0.1, 0.15) is 0 Å². The average Bonchev–Trinajstić information content (AvgIpc) is 2.39. The Hall–Kier alpha value is -0.930. The second kappa shape index (κ2) is 8.28. The Balaban J connectivity index is 2.80. The van der Waals surface area contributed by atoms with Crippen LogP contribution in [0.2, 0.25) is 0 Å². The van der Waals surface area contributed by atoms with Gasteiger partial charge in [0.15, 0.2) is 0 Å². The van der Waals surface area contributed by atoms with E-state index in [9.17, 15) is 0 Å². The van der Waals surface area contributed by atoms with E-state index in [2.05, 4.69) is 49.7 Å². The summed E-state index contributed by atoms with van der Waals surface area (Å²) < 4.78 is 0. The van der Waals surface area contributed by atoms with E-state index in [4.69, 9.17) is 5.73 Å². The lowest BCUT2D eigenvalue weighted by atomic mass is 10.1. The Morgan fingerprint density at radius 2 is 1.79 bits per heavy atom. The lowest BCUT2D eigenvalue weighted by Crippen LogP contribution is -2.37. The molecule has 1 aromatic heterocycles. The van der Waals surface area contributed by atoms with Gasteiger partial charge in [-0.15, -0.1) is 0 Å². The van der Waals surface area contributed by atoms with E-state index in [1.54, 1.807) is 0 Å². The third-order valence-electron chi connectivity index (χ3n) is 3.50. The molecule has 0 unspecified atom stereocenters. The van der Waals surface area contributed by atoms with Crippen LogP contribution in [0.5, 0.6) is 0 Å². The van der Waals surface area contributed by atoms with Crippen molar-refractivity contribution in [2.75, 3.05) is 6.54 Å². The maximum absolute atomic E-state index is 5.67. The van der Waals surface area contributed by atoms with Gasteiger partial charge in [0, 0.05) is 25.7 Å². The van der Waals surface area contributed by atoms with Gasteiger partial charge in [-0.1, -0.05) is 33.8 Å². The normalized spacial score (nSPS) is 11.8. The van der Waals surface area contributed by atoms with Gasteiger partial charge in [-0.25, -0.2) is 0 Å². The van der Waals surface area contributed by atoms with Crippen molar-refractivity contribution in [3.8, 4) is 0 Å². The van der Waals surface area contributed by atoms with Crippen molar-refractivity contribution in [1.82, 2.24) is 9.88 Å². The van der Waals surface area contributed by atoms with E-state index in [-0.39, 0.29) is 0 Å². The van der Waals surface area contributed by atoms with Gasteiger partial charge in [0.2, 0.25) is 0 Å². The van der Waals surface area contributed by atoms with E-state index in [0.717, 1.165) is 24.5 Å². The molecule has 3 nitrogen and oxygen atoms in total. The zero-order chi connectivity index (χ0) is 14.3. The van der Waals surface area contributed by atoms with Gasteiger partial charge in [-0.2, -0.15) is 0 Å². The van der Waals surface area contributed by atoms with E-state index < -0.39 is 0 Å². The Bertz CT molecular complexity index is 359. The van der Waals surface area contributed by atoms with Crippen LogP contribution in [-0.4, -0.2) is 22.5 Å². The molecule has 1 rings (SSSR count). The number of rotatable bonds is 8. The summed E-state index contributed by atoms with van der Waals surface area (Å²) >= 11 is 0.